The van der Waals surface area contributed by atoms with E-state index in [9.17, 15) is 9.47 Å². The molecule has 0 saturated carbocycles. The molecule has 2 N–H and O–H groups in total. The molecule has 5 rings (SSSR count). The van der Waals surface area contributed by atoms with Gasteiger partial charge in [0, 0.05) is 41.0 Å². The van der Waals surface area contributed by atoms with E-state index in [2.05, 4.69) is 60.1 Å². The summed E-state index contributed by atoms with van der Waals surface area (Å²) in [7, 11) is -0.264. The van der Waals surface area contributed by atoms with Gasteiger partial charge in [-0.25, -0.2) is 14.2 Å². The van der Waals surface area contributed by atoms with Crippen LogP contribution < -0.4 is 10.6 Å². The first-order valence-corrected chi connectivity index (χ1v) is 13.0. The third kappa shape index (κ3) is 4.70. The lowest BCUT2D eigenvalue weighted by Gasteiger charge is -2.29. The third-order valence-corrected chi connectivity index (χ3v) is 6.12. The van der Waals surface area contributed by atoms with Gasteiger partial charge in [0.05, 0.1) is 18.9 Å². The Morgan fingerprint density at radius 1 is 1.24 bits per heavy atom. The number of nitrogens with zero attached hydrogens (tertiary/aromatic N) is 6. The molecule has 34 heavy (non-hydrogen) atoms. The summed E-state index contributed by atoms with van der Waals surface area (Å²) >= 11 is 0. The summed E-state index contributed by atoms with van der Waals surface area (Å²) in [6, 6.07) is 11.4. The van der Waals surface area contributed by atoms with Crippen LogP contribution in [0.3, 0.4) is 0 Å². The molecule has 2 aromatic heterocycles. The molecule has 11 heteroatoms. The molecule has 0 saturated heterocycles. The molecule has 10 nitrogen and oxygen atoms in total. The monoisotopic (exact) mass is 476 g/mol. The number of likely N-dealkylation sites (N-methyl/N-ethyl adjacent to an activating group) is 1. The normalized spacial score (nSPS) is 17.1. The number of pyridine rings is 1. The van der Waals surface area contributed by atoms with E-state index in [-0.39, 0.29) is 11.7 Å². The van der Waals surface area contributed by atoms with E-state index >= 15 is 0 Å². The van der Waals surface area contributed by atoms with Gasteiger partial charge in [-0.15, -0.1) is 0 Å². The predicted octanol–water partition coefficient (Wildman–Crippen LogP) is 3.61. The predicted molar refractivity (Wildman–Crippen MR) is 130 cm³/mol. The van der Waals surface area contributed by atoms with E-state index in [1.807, 2.05) is 0 Å². The molecule has 2 aliphatic heterocycles. The first kappa shape index (κ1) is 22.2. The molecular formula is C23H24N8O2S. The summed E-state index contributed by atoms with van der Waals surface area (Å²) in [5.41, 5.74) is 4.84. The number of hydrogen-bond acceptors (Lipinski definition) is 10. The SMILES string of the molecule is CN1Cc2cc(Nc3ncc(C#N)c(Nc4cccc(N=S(C)(C)=O)n4)n3)cc3c2C(C1)OC3. The van der Waals surface area contributed by atoms with Crippen molar-refractivity contribution in [1.29, 1.82) is 5.26 Å². The Kier molecular flexibility index (Phi) is 5.65. The Balaban J connectivity index is 1.43. The lowest BCUT2D eigenvalue weighted by Crippen LogP contribution is -2.29. The summed E-state index contributed by atoms with van der Waals surface area (Å²) in [5.74, 6) is 1.42. The minimum atomic E-state index is -2.35. The van der Waals surface area contributed by atoms with Gasteiger partial charge in [-0.05, 0) is 48.0 Å². The van der Waals surface area contributed by atoms with Crippen LogP contribution in [0, 0.1) is 11.3 Å². The van der Waals surface area contributed by atoms with Gasteiger partial charge in [0.15, 0.2) is 11.6 Å². The van der Waals surface area contributed by atoms with Crippen molar-refractivity contribution >= 4 is 38.8 Å². The quantitative estimate of drug-likeness (QED) is 0.567. The fourth-order valence-corrected chi connectivity index (χ4v) is 4.76. The molecule has 0 fully saturated rings. The second-order valence-electron chi connectivity index (χ2n) is 8.68. The summed E-state index contributed by atoms with van der Waals surface area (Å²) in [6.07, 6.45) is 4.68. The lowest BCUT2D eigenvalue weighted by molar-refractivity contribution is 0.0333. The van der Waals surface area contributed by atoms with E-state index in [0.29, 0.717) is 30.0 Å². The number of hydrogen-bond donors (Lipinski definition) is 2. The molecule has 0 amide bonds. The number of aromatic nitrogens is 3. The van der Waals surface area contributed by atoms with E-state index < -0.39 is 9.73 Å². The molecule has 0 radical (unpaired) electrons. The molecule has 4 heterocycles. The van der Waals surface area contributed by atoms with Crippen molar-refractivity contribution < 1.29 is 8.95 Å². The van der Waals surface area contributed by atoms with Gasteiger partial charge in [-0.2, -0.15) is 14.6 Å². The molecule has 1 unspecified atom stereocenters. The average molecular weight is 477 g/mol. The highest BCUT2D eigenvalue weighted by molar-refractivity contribution is 7.92. The van der Waals surface area contributed by atoms with E-state index in [0.717, 1.165) is 18.8 Å². The van der Waals surface area contributed by atoms with E-state index in [1.165, 1.54) is 22.9 Å². The Morgan fingerprint density at radius 3 is 2.85 bits per heavy atom. The number of nitriles is 1. The number of rotatable bonds is 5. The topological polar surface area (TPSA) is 128 Å². The Morgan fingerprint density at radius 2 is 2.06 bits per heavy atom. The zero-order valence-corrected chi connectivity index (χ0v) is 19.9. The molecule has 174 valence electrons. The van der Waals surface area contributed by atoms with Crippen LogP contribution in [-0.4, -0.2) is 50.2 Å². The minimum Gasteiger partial charge on any atom is -0.367 e. The van der Waals surface area contributed by atoms with Crippen molar-refractivity contribution in [2.45, 2.75) is 19.3 Å². The van der Waals surface area contributed by atoms with Gasteiger partial charge in [-0.3, -0.25) is 4.90 Å². The van der Waals surface area contributed by atoms with E-state index in [1.54, 1.807) is 30.7 Å². The van der Waals surface area contributed by atoms with Gasteiger partial charge in [-0.1, -0.05) is 6.07 Å². The van der Waals surface area contributed by atoms with Gasteiger partial charge in [0.2, 0.25) is 5.95 Å². The van der Waals surface area contributed by atoms with Crippen molar-refractivity contribution in [3.8, 4) is 6.07 Å². The van der Waals surface area contributed by atoms with Gasteiger partial charge in [0.1, 0.15) is 17.5 Å². The van der Waals surface area contributed by atoms with E-state index in [4.69, 9.17) is 4.74 Å². The van der Waals surface area contributed by atoms with Crippen LogP contribution >= 0.6 is 0 Å². The molecule has 1 atom stereocenters. The van der Waals surface area contributed by atoms with Gasteiger partial charge in [0.25, 0.3) is 0 Å². The first-order chi connectivity index (χ1) is 16.3. The average Bonchev–Trinajstić information content (AvgIpc) is 3.16. The number of anilines is 4. The summed E-state index contributed by atoms with van der Waals surface area (Å²) in [6.45, 7) is 2.34. The van der Waals surface area contributed by atoms with Gasteiger partial charge < -0.3 is 15.4 Å². The van der Waals surface area contributed by atoms with Crippen molar-refractivity contribution in [2.24, 2.45) is 4.36 Å². The molecule has 3 aromatic rings. The maximum Gasteiger partial charge on any atom is 0.229 e. The molecule has 0 bridgehead atoms. The van der Waals surface area contributed by atoms with Crippen LogP contribution in [0.5, 0.6) is 0 Å². The Bertz CT molecular complexity index is 1430. The molecule has 0 aliphatic carbocycles. The van der Waals surface area contributed by atoms with Crippen LogP contribution in [0.2, 0.25) is 0 Å². The zero-order chi connectivity index (χ0) is 23.9. The highest BCUT2D eigenvalue weighted by Crippen LogP contribution is 2.39. The molecule has 1 aromatic carbocycles. The Labute approximate surface area is 198 Å². The largest absolute Gasteiger partial charge is 0.367 e. The molecule has 0 spiro atoms. The molecular weight excluding hydrogens is 452 g/mol. The van der Waals surface area contributed by atoms with Crippen molar-refractivity contribution in [3.05, 3.63) is 58.8 Å². The summed E-state index contributed by atoms with van der Waals surface area (Å²) in [4.78, 5) is 15.4. The highest BCUT2D eigenvalue weighted by atomic mass is 32.2. The Hall–Kier alpha value is -3.59. The smallest absolute Gasteiger partial charge is 0.229 e. The number of nitrogens with one attached hydrogen (secondary N) is 2. The lowest BCUT2D eigenvalue weighted by atomic mass is 9.94. The summed E-state index contributed by atoms with van der Waals surface area (Å²) in [5, 5.41) is 15.8. The van der Waals surface area contributed by atoms with Crippen LogP contribution in [0.15, 0.2) is 40.9 Å². The van der Waals surface area contributed by atoms with Crippen molar-refractivity contribution in [3.63, 3.8) is 0 Å². The van der Waals surface area contributed by atoms with Crippen molar-refractivity contribution in [2.75, 3.05) is 36.7 Å². The maximum absolute atomic E-state index is 12.0. The van der Waals surface area contributed by atoms with Crippen LogP contribution in [0.1, 0.15) is 28.4 Å². The minimum absolute atomic E-state index is 0.128. The van der Waals surface area contributed by atoms with Gasteiger partial charge >= 0.3 is 0 Å². The third-order valence-electron chi connectivity index (χ3n) is 5.49. The standard InChI is InChI=1S/C23H24N8O2S/c1-31-11-14-7-17(8-15-13-33-18(12-31)21(14)15)26-23-25-10-16(9-24)22(29-23)28-19-5-4-6-20(27-19)30-34(2,3)32/h4-8,10,18H,11-13H2,1-3H3,(H2,25,26,27,28,29). The number of ether oxygens (including phenoxy) is 1. The number of benzene rings is 1. The zero-order valence-electron chi connectivity index (χ0n) is 19.1. The second kappa shape index (κ2) is 8.64. The maximum atomic E-state index is 12.0. The second-order valence-corrected chi connectivity index (χ2v) is 11.2. The van der Waals surface area contributed by atoms with Crippen molar-refractivity contribution in [1.82, 2.24) is 19.9 Å². The van der Waals surface area contributed by atoms with Crippen LogP contribution in [-0.2, 0) is 27.6 Å². The fraction of sp³-hybridized carbons (Fsp3) is 0.304. The summed E-state index contributed by atoms with van der Waals surface area (Å²) < 4.78 is 22.1. The van der Waals surface area contributed by atoms with Crippen LogP contribution in [0.4, 0.5) is 29.1 Å². The van der Waals surface area contributed by atoms with Crippen LogP contribution in [0.25, 0.3) is 0 Å². The fourth-order valence-electron chi connectivity index (χ4n) is 4.21. The first-order valence-electron chi connectivity index (χ1n) is 10.7. The molecule has 2 aliphatic rings. The highest BCUT2D eigenvalue weighted by Gasteiger charge is 2.31.